The highest BCUT2D eigenvalue weighted by atomic mass is 16.4. The molecule has 0 saturated carbocycles. The van der Waals surface area contributed by atoms with Crippen LogP contribution >= 0.6 is 0 Å². The molecule has 90 valence electrons. The van der Waals surface area contributed by atoms with E-state index in [0.717, 1.165) is 22.8 Å². The van der Waals surface area contributed by atoms with Crippen LogP contribution in [0.2, 0.25) is 0 Å². The zero-order valence-electron chi connectivity index (χ0n) is 9.51. The molecule has 0 bridgehead atoms. The van der Waals surface area contributed by atoms with Gasteiger partial charge in [-0.2, -0.15) is 0 Å². The molecule has 0 amide bonds. The molecule has 1 rings (SSSR count). The maximum atomic E-state index is 10.5. The number of carboxylic acids is 2. The number of aryl methyl sites for hydroxylation is 2. The van der Waals surface area contributed by atoms with Gasteiger partial charge in [0.1, 0.15) is 0 Å². The fraction of sp³-hybridized carbons (Fsp3) is 0.231. The molecule has 0 atom stereocenters. The van der Waals surface area contributed by atoms with Crippen molar-refractivity contribution in [2.45, 2.75) is 19.8 Å². The van der Waals surface area contributed by atoms with Gasteiger partial charge in [0, 0.05) is 12.5 Å². The molecule has 0 radical (unpaired) electrons. The van der Waals surface area contributed by atoms with E-state index in [1.54, 1.807) is 0 Å². The van der Waals surface area contributed by atoms with E-state index >= 15 is 0 Å². The van der Waals surface area contributed by atoms with Gasteiger partial charge in [0.05, 0.1) is 0 Å². The molecule has 17 heavy (non-hydrogen) atoms. The van der Waals surface area contributed by atoms with Gasteiger partial charge in [-0.3, -0.25) is 4.79 Å². The number of hydrogen-bond acceptors (Lipinski definition) is 2. The minimum Gasteiger partial charge on any atom is -0.481 e. The highest BCUT2D eigenvalue weighted by Crippen LogP contribution is 2.15. The van der Waals surface area contributed by atoms with Crippen LogP contribution in [0.5, 0.6) is 0 Å². The zero-order chi connectivity index (χ0) is 12.8. The summed E-state index contributed by atoms with van der Waals surface area (Å²) in [6, 6.07) is 5.56. The Morgan fingerprint density at radius 3 is 2.59 bits per heavy atom. The van der Waals surface area contributed by atoms with Crippen LogP contribution in [-0.2, 0) is 16.0 Å². The van der Waals surface area contributed by atoms with Gasteiger partial charge in [0.25, 0.3) is 0 Å². The number of rotatable bonds is 5. The molecular formula is C13H14O4. The lowest BCUT2D eigenvalue weighted by atomic mass is 10.00. The van der Waals surface area contributed by atoms with Crippen molar-refractivity contribution < 1.29 is 19.8 Å². The van der Waals surface area contributed by atoms with Gasteiger partial charge in [-0.05, 0) is 30.5 Å². The second kappa shape index (κ2) is 5.84. The van der Waals surface area contributed by atoms with Crippen LogP contribution in [0, 0.1) is 6.92 Å². The first-order chi connectivity index (χ1) is 7.99. The molecule has 0 aliphatic heterocycles. The minimum atomic E-state index is -1.02. The summed E-state index contributed by atoms with van der Waals surface area (Å²) >= 11 is 0. The first kappa shape index (κ1) is 13.0. The van der Waals surface area contributed by atoms with Crippen molar-refractivity contribution in [2.24, 2.45) is 0 Å². The van der Waals surface area contributed by atoms with Crippen LogP contribution < -0.4 is 0 Å². The first-order valence-electron chi connectivity index (χ1n) is 5.21. The highest BCUT2D eigenvalue weighted by molar-refractivity contribution is 5.85. The van der Waals surface area contributed by atoms with Gasteiger partial charge >= 0.3 is 11.9 Å². The average molecular weight is 234 g/mol. The van der Waals surface area contributed by atoms with Crippen LogP contribution in [0.4, 0.5) is 0 Å². The summed E-state index contributed by atoms with van der Waals surface area (Å²) in [6.07, 6.45) is 2.98. The Kier molecular flexibility index (Phi) is 4.46. The smallest absolute Gasteiger partial charge is 0.328 e. The monoisotopic (exact) mass is 234 g/mol. The SMILES string of the molecule is Cc1ccc(CCC(=O)O)c(/C=C/C(=O)O)c1. The Labute approximate surface area is 99.2 Å². The maximum Gasteiger partial charge on any atom is 0.328 e. The Bertz CT molecular complexity index is 460. The summed E-state index contributed by atoms with van der Waals surface area (Å²) in [5, 5.41) is 17.2. The molecule has 1 aromatic carbocycles. The fourth-order valence-corrected chi connectivity index (χ4v) is 1.50. The van der Waals surface area contributed by atoms with Crippen molar-refractivity contribution in [3.8, 4) is 0 Å². The molecule has 1 aromatic rings. The summed E-state index contributed by atoms with van der Waals surface area (Å²) in [5.74, 6) is -1.88. The number of carbonyl (C=O) groups is 2. The third kappa shape index (κ3) is 4.51. The van der Waals surface area contributed by atoms with Gasteiger partial charge in [-0.1, -0.05) is 23.8 Å². The summed E-state index contributed by atoms with van der Waals surface area (Å²) in [7, 11) is 0. The lowest BCUT2D eigenvalue weighted by Crippen LogP contribution is -1.99. The number of carboxylic acid groups (broad SMARTS) is 2. The quantitative estimate of drug-likeness (QED) is 0.765. The summed E-state index contributed by atoms with van der Waals surface area (Å²) in [6.45, 7) is 1.90. The lowest BCUT2D eigenvalue weighted by molar-refractivity contribution is -0.137. The molecule has 4 heteroatoms. The molecule has 0 spiro atoms. The van der Waals surface area contributed by atoms with E-state index in [9.17, 15) is 9.59 Å². The normalized spacial score (nSPS) is 10.6. The predicted molar refractivity (Wildman–Crippen MR) is 63.8 cm³/mol. The Balaban J connectivity index is 2.95. The van der Waals surface area contributed by atoms with E-state index in [4.69, 9.17) is 10.2 Å². The second-order valence-electron chi connectivity index (χ2n) is 3.77. The van der Waals surface area contributed by atoms with Gasteiger partial charge in [-0.25, -0.2) is 4.79 Å². The molecule has 0 aliphatic carbocycles. The molecule has 0 heterocycles. The summed E-state index contributed by atoms with van der Waals surface area (Å²) in [4.78, 5) is 21.0. The van der Waals surface area contributed by atoms with E-state index in [1.807, 2.05) is 25.1 Å². The molecule has 0 fully saturated rings. The van der Waals surface area contributed by atoms with Gasteiger partial charge in [0.15, 0.2) is 0 Å². The third-order valence-electron chi connectivity index (χ3n) is 2.32. The number of hydrogen-bond donors (Lipinski definition) is 2. The number of benzene rings is 1. The van der Waals surface area contributed by atoms with E-state index < -0.39 is 11.9 Å². The predicted octanol–water partition coefficient (Wildman–Crippen LogP) is 2.11. The van der Waals surface area contributed by atoms with Crippen LogP contribution in [-0.4, -0.2) is 22.2 Å². The Morgan fingerprint density at radius 1 is 1.29 bits per heavy atom. The van der Waals surface area contributed by atoms with Crippen molar-refractivity contribution in [1.29, 1.82) is 0 Å². The second-order valence-corrected chi connectivity index (χ2v) is 3.77. The van der Waals surface area contributed by atoms with Gasteiger partial charge < -0.3 is 10.2 Å². The molecule has 0 aromatic heterocycles. The summed E-state index contributed by atoms with van der Waals surface area (Å²) in [5.41, 5.74) is 2.61. The van der Waals surface area contributed by atoms with E-state index in [1.165, 1.54) is 6.08 Å². The third-order valence-corrected chi connectivity index (χ3v) is 2.32. The van der Waals surface area contributed by atoms with Gasteiger partial charge in [0.2, 0.25) is 0 Å². The molecule has 2 N–H and O–H groups in total. The van der Waals surface area contributed by atoms with E-state index in [0.29, 0.717) is 6.42 Å². The largest absolute Gasteiger partial charge is 0.481 e. The maximum absolute atomic E-state index is 10.5. The number of aliphatic carboxylic acids is 2. The van der Waals surface area contributed by atoms with E-state index in [-0.39, 0.29) is 6.42 Å². The average Bonchev–Trinajstić information content (AvgIpc) is 2.24. The Morgan fingerprint density at radius 2 is 2.00 bits per heavy atom. The highest BCUT2D eigenvalue weighted by Gasteiger charge is 2.04. The first-order valence-corrected chi connectivity index (χ1v) is 5.21. The van der Waals surface area contributed by atoms with Crippen LogP contribution in [0.3, 0.4) is 0 Å². The minimum absolute atomic E-state index is 0.0387. The van der Waals surface area contributed by atoms with Crippen molar-refractivity contribution in [2.75, 3.05) is 0 Å². The fourth-order valence-electron chi connectivity index (χ4n) is 1.50. The standard InChI is InChI=1S/C13H14O4/c1-9-2-3-10(4-6-12(14)15)11(8-9)5-7-13(16)17/h2-3,5,7-8H,4,6H2,1H3,(H,14,15)(H,16,17)/b7-5+. The molecular weight excluding hydrogens is 220 g/mol. The van der Waals surface area contributed by atoms with Crippen LogP contribution in [0.15, 0.2) is 24.3 Å². The molecule has 0 saturated heterocycles. The zero-order valence-corrected chi connectivity index (χ0v) is 9.51. The molecule has 0 unspecified atom stereocenters. The van der Waals surface area contributed by atoms with Crippen molar-refractivity contribution in [3.05, 3.63) is 41.0 Å². The van der Waals surface area contributed by atoms with E-state index in [2.05, 4.69) is 0 Å². The van der Waals surface area contributed by atoms with Crippen LogP contribution in [0.1, 0.15) is 23.1 Å². The van der Waals surface area contributed by atoms with Crippen molar-refractivity contribution in [1.82, 2.24) is 0 Å². The summed E-state index contributed by atoms with van der Waals surface area (Å²) < 4.78 is 0. The topological polar surface area (TPSA) is 74.6 Å². The van der Waals surface area contributed by atoms with Crippen molar-refractivity contribution >= 4 is 18.0 Å². The van der Waals surface area contributed by atoms with Gasteiger partial charge in [-0.15, -0.1) is 0 Å². The van der Waals surface area contributed by atoms with Crippen molar-refractivity contribution in [3.63, 3.8) is 0 Å². The Hall–Kier alpha value is -2.10. The lowest BCUT2D eigenvalue weighted by Gasteiger charge is -2.05. The van der Waals surface area contributed by atoms with Crippen LogP contribution in [0.25, 0.3) is 6.08 Å². The molecule has 4 nitrogen and oxygen atoms in total. The molecule has 0 aliphatic rings.